The second-order valence-electron chi connectivity index (χ2n) is 4.85. The van der Waals surface area contributed by atoms with Crippen molar-refractivity contribution in [2.45, 2.75) is 39.7 Å². The highest BCUT2D eigenvalue weighted by atomic mass is 32.1. The van der Waals surface area contributed by atoms with Crippen LogP contribution in [0.3, 0.4) is 0 Å². The van der Waals surface area contributed by atoms with E-state index in [0.29, 0.717) is 6.04 Å². The van der Waals surface area contributed by atoms with Gasteiger partial charge < -0.3 is 10.6 Å². The molecule has 2 unspecified atom stereocenters. The molecule has 0 spiro atoms. The van der Waals surface area contributed by atoms with Crippen LogP contribution in [-0.4, -0.2) is 24.1 Å². The fraction of sp³-hybridized carbons (Fsp3) is 0.750. The van der Waals surface area contributed by atoms with E-state index in [2.05, 4.69) is 30.7 Å². The quantitative estimate of drug-likeness (QED) is 0.861. The van der Waals surface area contributed by atoms with Crippen molar-refractivity contribution >= 4 is 16.5 Å². The Morgan fingerprint density at radius 2 is 2.25 bits per heavy atom. The number of rotatable bonds is 2. The first-order chi connectivity index (χ1) is 7.61. The Balaban J connectivity index is 2.18. The molecule has 1 saturated heterocycles. The van der Waals surface area contributed by atoms with Crippen molar-refractivity contribution in [1.29, 1.82) is 0 Å². The van der Waals surface area contributed by atoms with E-state index < -0.39 is 0 Å². The number of aryl methyl sites for hydroxylation is 2. The maximum Gasteiger partial charge on any atom is 0.186 e. The lowest BCUT2D eigenvalue weighted by Gasteiger charge is -2.37. The fourth-order valence-electron chi connectivity index (χ4n) is 2.31. The summed E-state index contributed by atoms with van der Waals surface area (Å²) < 4.78 is 0. The van der Waals surface area contributed by atoms with Crippen LogP contribution in [0.5, 0.6) is 0 Å². The summed E-state index contributed by atoms with van der Waals surface area (Å²) in [6.07, 6.45) is 2.46. The Kier molecular flexibility index (Phi) is 3.50. The maximum atomic E-state index is 5.87. The second kappa shape index (κ2) is 4.72. The van der Waals surface area contributed by atoms with Crippen molar-refractivity contribution < 1.29 is 0 Å². The lowest BCUT2D eigenvalue weighted by molar-refractivity contribution is 0.366. The van der Waals surface area contributed by atoms with Gasteiger partial charge in [0.25, 0.3) is 0 Å². The predicted octanol–water partition coefficient (Wildman–Crippen LogP) is 2.32. The molecule has 2 atom stereocenters. The molecule has 1 aliphatic heterocycles. The predicted molar refractivity (Wildman–Crippen MR) is 70.2 cm³/mol. The minimum absolute atomic E-state index is 0.480. The van der Waals surface area contributed by atoms with Gasteiger partial charge in [-0.25, -0.2) is 4.98 Å². The van der Waals surface area contributed by atoms with Crippen LogP contribution in [-0.2, 0) is 0 Å². The molecule has 16 heavy (non-hydrogen) atoms. The molecule has 0 saturated carbocycles. The molecule has 4 heteroatoms. The molecule has 0 aromatic carbocycles. The molecule has 2 rings (SSSR count). The molecule has 0 amide bonds. The highest BCUT2D eigenvalue weighted by Crippen LogP contribution is 2.31. The molecular weight excluding hydrogens is 218 g/mol. The average molecular weight is 239 g/mol. The fourth-order valence-corrected chi connectivity index (χ4v) is 3.31. The third-order valence-electron chi connectivity index (χ3n) is 3.51. The first-order valence-corrected chi connectivity index (χ1v) is 6.84. The van der Waals surface area contributed by atoms with Crippen molar-refractivity contribution in [2.24, 2.45) is 11.7 Å². The molecule has 90 valence electrons. The average Bonchev–Trinajstić information content (AvgIpc) is 2.59. The molecule has 0 bridgehead atoms. The lowest BCUT2D eigenvalue weighted by Crippen LogP contribution is -2.46. The van der Waals surface area contributed by atoms with Crippen molar-refractivity contribution in [1.82, 2.24) is 4.98 Å². The summed E-state index contributed by atoms with van der Waals surface area (Å²) in [6.45, 7) is 8.38. The number of aromatic nitrogens is 1. The molecule has 2 heterocycles. The molecule has 0 radical (unpaired) electrons. The van der Waals surface area contributed by atoms with Crippen LogP contribution in [0.1, 0.15) is 30.3 Å². The molecule has 1 aromatic rings. The van der Waals surface area contributed by atoms with Crippen LogP contribution in [0, 0.1) is 19.8 Å². The minimum atomic E-state index is 0.480. The third-order valence-corrected chi connectivity index (χ3v) is 4.62. The largest absolute Gasteiger partial charge is 0.344 e. The maximum absolute atomic E-state index is 5.87. The topological polar surface area (TPSA) is 42.2 Å². The van der Waals surface area contributed by atoms with Gasteiger partial charge in [-0.3, -0.25) is 0 Å². The van der Waals surface area contributed by atoms with E-state index >= 15 is 0 Å². The van der Waals surface area contributed by atoms with Gasteiger partial charge in [-0.1, -0.05) is 6.92 Å². The number of piperidine rings is 1. The number of hydrogen-bond donors (Lipinski definition) is 1. The van der Waals surface area contributed by atoms with Crippen molar-refractivity contribution in [3.8, 4) is 0 Å². The SMILES string of the molecule is Cc1nc(N2CCC(C)CC2CN)sc1C. The summed E-state index contributed by atoms with van der Waals surface area (Å²) in [4.78, 5) is 8.38. The Morgan fingerprint density at radius 3 is 2.81 bits per heavy atom. The van der Waals surface area contributed by atoms with E-state index in [1.807, 2.05) is 0 Å². The van der Waals surface area contributed by atoms with Gasteiger partial charge in [-0.15, -0.1) is 11.3 Å². The molecule has 0 aliphatic carbocycles. The lowest BCUT2D eigenvalue weighted by atomic mass is 9.93. The van der Waals surface area contributed by atoms with E-state index in [1.54, 1.807) is 11.3 Å². The molecule has 1 aliphatic rings. The van der Waals surface area contributed by atoms with Crippen molar-refractivity contribution in [2.75, 3.05) is 18.0 Å². The monoisotopic (exact) mass is 239 g/mol. The van der Waals surface area contributed by atoms with Crippen LogP contribution < -0.4 is 10.6 Å². The molecule has 3 nitrogen and oxygen atoms in total. The number of anilines is 1. The molecular formula is C12H21N3S. The van der Waals surface area contributed by atoms with Crippen LogP contribution in [0.4, 0.5) is 5.13 Å². The molecule has 2 N–H and O–H groups in total. The zero-order valence-corrected chi connectivity index (χ0v) is 11.2. The summed E-state index contributed by atoms with van der Waals surface area (Å²) in [5.41, 5.74) is 7.03. The van der Waals surface area contributed by atoms with Gasteiger partial charge in [0.2, 0.25) is 0 Å². The zero-order valence-electron chi connectivity index (χ0n) is 10.4. The first-order valence-electron chi connectivity index (χ1n) is 6.02. The van der Waals surface area contributed by atoms with Crippen LogP contribution in [0.25, 0.3) is 0 Å². The summed E-state index contributed by atoms with van der Waals surface area (Å²) in [7, 11) is 0. The standard InChI is InChI=1S/C12H21N3S/c1-8-4-5-15(11(6-8)7-13)12-14-9(2)10(3)16-12/h8,11H,4-7,13H2,1-3H3. The Morgan fingerprint density at radius 1 is 1.50 bits per heavy atom. The Labute approximate surface area is 102 Å². The van der Waals surface area contributed by atoms with Gasteiger partial charge in [0.05, 0.1) is 5.69 Å². The summed E-state index contributed by atoms with van der Waals surface area (Å²) in [5, 5.41) is 1.16. The van der Waals surface area contributed by atoms with Gasteiger partial charge in [0, 0.05) is 24.0 Å². The summed E-state index contributed by atoms with van der Waals surface area (Å²) in [6, 6.07) is 0.480. The smallest absolute Gasteiger partial charge is 0.186 e. The number of hydrogen-bond acceptors (Lipinski definition) is 4. The van der Waals surface area contributed by atoms with Crippen LogP contribution in [0.15, 0.2) is 0 Å². The second-order valence-corrected chi connectivity index (χ2v) is 6.03. The minimum Gasteiger partial charge on any atom is -0.344 e. The first kappa shape index (κ1) is 11.9. The number of thiazole rings is 1. The van der Waals surface area contributed by atoms with Gasteiger partial charge in [-0.2, -0.15) is 0 Å². The van der Waals surface area contributed by atoms with E-state index in [9.17, 15) is 0 Å². The van der Waals surface area contributed by atoms with Gasteiger partial charge in [-0.05, 0) is 32.6 Å². The van der Waals surface area contributed by atoms with Crippen molar-refractivity contribution in [3.05, 3.63) is 10.6 Å². The summed E-state index contributed by atoms with van der Waals surface area (Å²) >= 11 is 1.80. The van der Waals surface area contributed by atoms with E-state index in [4.69, 9.17) is 5.73 Å². The van der Waals surface area contributed by atoms with Crippen LogP contribution in [0.2, 0.25) is 0 Å². The molecule has 1 aromatic heterocycles. The van der Waals surface area contributed by atoms with Gasteiger partial charge in [0.1, 0.15) is 0 Å². The summed E-state index contributed by atoms with van der Waals surface area (Å²) in [5.74, 6) is 0.798. The highest BCUT2D eigenvalue weighted by Gasteiger charge is 2.27. The normalized spacial score (nSPS) is 26.1. The number of nitrogens with two attached hydrogens (primary N) is 1. The Bertz CT molecular complexity index is 342. The van der Waals surface area contributed by atoms with E-state index in [-0.39, 0.29) is 0 Å². The third kappa shape index (κ3) is 2.23. The van der Waals surface area contributed by atoms with E-state index in [1.165, 1.54) is 17.7 Å². The number of nitrogens with zero attached hydrogens (tertiary/aromatic N) is 2. The zero-order chi connectivity index (χ0) is 11.7. The Hall–Kier alpha value is -0.610. The van der Waals surface area contributed by atoms with Crippen LogP contribution >= 0.6 is 11.3 Å². The van der Waals surface area contributed by atoms with Crippen molar-refractivity contribution in [3.63, 3.8) is 0 Å². The van der Waals surface area contributed by atoms with E-state index in [0.717, 1.165) is 29.8 Å². The molecule has 1 fully saturated rings. The highest BCUT2D eigenvalue weighted by molar-refractivity contribution is 7.15. The van der Waals surface area contributed by atoms with Gasteiger partial charge in [0.15, 0.2) is 5.13 Å². The van der Waals surface area contributed by atoms with Gasteiger partial charge >= 0.3 is 0 Å².